The largest absolute Gasteiger partial charge is 0.381 e. The van der Waals surface area contributed by atoms with Gasteiger partial charge in [-0.3, -0.25) is 4.98 Å². The van der Waals surface area contributed by atoms with Gasteiger partial charge in [-0.25, -0.2) is 0 Å². The lowest BCUT2D eigenvalue weighted by molar-refractivity contribution is -0.125. The molecule has 0 bridgehead atoms. The Labute approximate surface area is 125 Å². The second-order valence-electron chi connectivity index (χ2n) is 5.12. The molecule has 2 rings (SSSR count). The van der Waals surface area contributed by atoms with Crippen molar-refractivity contribution in [1.29, 1.82) is 0 Å². The quantitative estimate of drug-likeness (QED) is 0.876. The van der Waals surface area contributed by atoms with Crippen molar-refractivity contribution in [3.63, 3.8) is 0 Å². The molecule has 2 heterocycles. The van der Waals surface area contributed by atoms with Crippen molar-refractivity contribution in [3.05, 3.63) is 29.0 Å². The third-order valence-corrected chi connectivity index (χ3v) is 4.38. The SMILES string of the molecule is CCOC1(C(Cc2ccncc2Cl)NC)CCOCC1. The van der Waals surface area contributed by atoms with E-state index in [9.17, 15) is 0 Å². The van der Waals surface area contributed by atoms with Crippen molar-refractivity contribution in [2.45, 2.75) is 37.8 Å². The standard InChI is InChI=1S/C15H23ClN2O2/c1-3-20-15(5-8-19-9-6-15)14(17-2)10-12-4-7-18-11-13(12)16/h4,7,11,14,17H,3,5-6,8-10H2,1-2H3. The molecule has 4 nitrogen and oxygen atoms in total. The van der Waals surface area contributed by atoms with Crippen molar-refractivity contribution in [2.24, 2.45) is 0 Å². The first-order chi connectivity index (χ1) is 9.72. The van der Waals surface area contributed by atoms with Crippen molar-refractivity contribution >= 4 is 11.6 Å². The van der Waals surface area contributed by atoms with Gasteiger partial charge < -0.3 is 14.8 Å². The molecule has 20 heavy (non-hydrogen) atoms. The van der Waals surface area contributed by atoms with E-state index in [1.807, 2.05) is 20.0 Å². The highest BCUT2D eigenvalue weighted by Gasteiger charge is 2.40. The van der Waals surface area contributed by atoms with Crippen molar-refractivity contribution in [2.75, 3.05) is 26.9 Å². The first kappa shape index (κ1) is 15.7. The van der Waals surface area contributed by atoms with Gasteiger partial charge in [0.1, 0.15) is 0 Å². The van der Waals surface area contributed by atoms with Gasteiger partial charge in [-0.2, -0.15) is 0 Å². The first-order valence-electron chi connectivity index (χ1n) is 7.19. The van der Waals surface area contributed by atoms with Gasteiger partial charge in [-0.1, -0.05) is 11.6 Å². The predicted octanol–water partition coefficient (Wildman–Crippen LogP) is 2.45. The second kappa shape index (κ2) is 7.36. The smallest absolute Gasteiger partial charge is 0.0881 e. The Hall–Kier alpha value is -0.680. The molecule has 1 aliphatic rings. The Balaban J connectivity index is 2.18. The van der Waals surface area contributed by atoms with E-state index in [0.717, 1.165) is 38.0 Å². The predicted molar refractivity (Wildman–Crippen MR) is 80.2 cm³/mol. The molecule has 1 aliphatic heterocycles. The fourth-order valence-corrected chi connectivity index (χ4v) is 3.13. The summed E-state index contributed by atoms with van der Waals surface area (Å²) >= 11 is 6.23. The minimum absolute atomic E-state index is 0.172. The van der Waals surface area contributed by atoms with E-state index in [-0.39, 0.29) is 11.6 Å². The van der Waals surface area contributed by atoms with Crippen LogP contribution in [0, 0.1) is 0 Å². The summed E-state index contributed by atoms with van der Waals surface area (Å²) in [5.41, 5.74) is 0.931. The lowest BCUT2D eigenvalue weighted by atomic mass is 9.82. The summed E-state index contributed by atoms with van der Waals surface area (Å²) in [6.45, 7) is 4.26. The Morgan fingerprint density at radius 3 is 2.85 bits per heavy atom. The summed E-state index contributed by atoms with van der Waals surface area (Å²) in [6, 6.07) is 2.19. The molecule has 1 aromatic heterocycles. The molecule has 1 aromatic rings. The highest BCUT2D eigenvalue weighted by atomic mass is 35.5. The van der Waals surface area contributed by atoms with Crippen LogP contribution in [0.5, 0.6) is 0 Å². The van der Waals surface area contributed by atoms with E-state index in [1.54, 1.807) is 12.4 Å². The number of nitrogens with one attached hydrogen (secondary N) is 1. The summed E-state index contributed by atoms with van der Waals surface area (Å²) in [7, 11) is 1.98. The lowest BCUT2D eigenvalue weighted by Gasteiger charge is -2.43. The van der Waals surface area contributed by atoms with Gasteiger partial charge in [0.2, 0.25) is 0 Å². The van der Waals surface area contributed by atoms with Gasteiger partial charge in [0, 0.05) is 51.1 Å². The van der Waals surface area contributed by atoms with E-state index in [1.165, 1.54) is 0 Å². The molecule has 0 amide bonds. The third-order valence-electron chi connectivity index (χ3n) is 4.03. The van der Waals surface area contributed by atoms with E-state index in [4.69, 9.17) is 21.1 Å². The maximum Gasteiger partial charge on any atom is 0.0881 e. The first-order valence-corrected chi connectivity index (χ1v) is 7.57. The monoisotopic (exact) mass is 298 g/mol. The second-order valence-corrected chi connectivity index (χ2v) is 5.53. The lowest BCUT2D eigenvalue weighted by Crippen LogP contribution is -2.55. The number of aromatic nitrogens is 1. The molecule has 0 saturated carbocycles. The van der Waals surface area contributed by atoms with Crippen LogP contribution in [-0.4, -0.2) is 43.5 Å². The Kier molecular flexibility index (Phi) is 5.78. The average molecular weight is 299 g/mol. The molecule has 112 valence electrons. The van der Waals surface area contributed by atoms with Crippen LogP contribution in [0.25, 0.3) is 0 Å². The van der Waals surface area contributed by atoms with Crippen molar-refractivity contribution in [1.82, 2.24) is 10.3 Å². The van der Waals surface area contributed by atoms with E-state index in [2.05, 4.69) is 10.3 Å². The van der Waals surface area contributed by atoms with Crippen LogP contribution < -0.4 is 5.32 Å². The van der Waals surface area contributed by atoms with E-state index >= 15 is 0 Å². The number of nitrogens with zero attached hydrogens (tertiary/aromatic N) is 1. The maximum absolute atomic E-state index is 6.23. The van der Waals surface area contributed by atoms with Gasteiger partial charge in [-0.05, 0) is 32.0 Å². The molecule has 1 N–H and O–H groups in total. The van der Waals surface area contributed by atoms with Gasteiger partial charge in [0.25, 0.3) is 0 Å². The van der Waals surface area contributed by atoms with E-state index < -0.39 is 0 Å². The molecule has 0 spiro atoms. The minimum Gasteiger partial charge on any atom is -0.381 e. The summed E-state index contributed by atoms with van der Waals surface area (Å²) in [5, 5.41) is 4.13. The van der Waals surface area contributed by atoms with Crippen LogP contribution in [-0.2, 0) is 15.9 Å². The molecule has 0 radical (unpaired) electrons. The molecule has 5 heteroatoms. The number of halogens is 1. The molecular weight excluding hydrogens is 276 g/mol. The highest BCUT2D eigenvalue weighted by molar-refractivity contribution is 6.31. The molecule has 0 aliphatic carbocycles. The van der Waals surface area contributed by atoms with Crippen LogP contribution in [0.2, 0.25) is 5.02 Å². The number of rotatable bonds is 6. The van der Waals surface area contributed by atoms with Crippen LogP contribution in [0.1, 0.15) is 25.3 Å². The molecule has 1 saturated heterocycles. The normalized spacial score (nSPS) is 19.8. The zero-order chi connectivity index (χ0) is 14.4. The molecule has 1 atom stereocenters. The van der Waals surface area contributed by atoms with Gasteiger partial charge in [0.15, 0.2) is 0 Å². The maximum atomic E-state index is 6.23. The summed E-state index contributed by atoms with van der Waals surface area (Å²) in [6.07, 6.45) is 6.13. The minimum atomic E-state index is -0.172. The molecule has 1 unspecified atom stereocenters. The summed E-state index contributed by atoms with van der Waals surface area (Å²) in [4.78, 5) is 4.04. The topological polar surface area (TPSA) is 43.4 Å². The number of likely N-dealkylation sites (N-methyl/N-ethyl adjacent to an activating group) is 1. The zero-order valence-corrected chi connectivity index (χ0v) is 12.9. The van der Waals surface area contributed by atoms with E-state index in [0.29, 0.717) is 11.6 Å². The van der Waals surface area contributed by atoms with Crippen LogP contribution in [0.3, 0.4) is 0 Å². The van der Waals surface area contributed by atoms with Crippen molar-refractivity contribution < 1.29 is 9.47 Å². The number of pyridine rings is 1. The zero-order valence-electron chi connectivity index (χ0n) is 12.2. The third kappa shape index (κ3) is 3.50. The fraction of sp³-hybridized carbons (Fsp3) is 0.667. The van der Waals surface area contributed by atoms with Gasteiger partial charge in [0.05, 0.1) is 10.6 Å². The summed E-state index contributed by atoms with van der Waals surface area (Å²) in [5.74, 6) is 0. The van der Waals surface area contributed by atoms with Gasteiger partial charge >= 0.3 is 0 Å². The van der Waals surface area contributed by atoms with Crippen LogP contribution >= 0.6 is 11.6 Å². The highest BCUT2D eigenvalue weighted by Crippen LogP contribution is 2.31. The Morgan fingerprint density at radius 2 is 2.25 bits per heavy atom. The summed E-state index contributed by atoms with van der Waals surface area (Å²) < 4.78 is 11.6. The number of hydrogen-bond acceptors (Lipinski definition) is 4. The molecular formula is C15H23ClN2O2. The molecule has 0 aromatic carbocycles. The number of ether oxygens (including phenoxy) is 2. The van der Waals surface area contributed by atoms with Crippen molar-refractivity contribution in [3.8, 4) is 0 Å². The van der Waals surface area contributed by atoms with Gasteiger partial charge in [-0.15, -0.1) is 0 Å². The average Bonchev–Trinajstić information content (AvgIpc) is 2.47. The van der Waals surface area contributed by atoms with Crippen LogP contribution in [0.4, 0.5) is 0 Å². The fourth-order valence-electron chi connectivity index (χ4n) is 2.94. The Morgan fingerprint density at radius 1 is 1.50 bits per heavy atom. The molecule has 1 fully saturated rings. The number of hydrogen-bond donors (Lipinski definition) is 1. The van der Waals surface area contributed by atoms with Crippen LogP contribution in [0.15, 0.2) is 18.5 Å². The Bertz CT molecular complexity index is 417.